The van der Waals surface area contributed by atoms with Gasteiger partial charge in [-0.05, 0) is 31.4 Å². The van der Waals surface area contributed by atoms with Gasteiger partial charge in [-0.2, -0.15) is 0 Å². The second kappa shape index (κ2) is 7.52. The van der Waals surface area contributed by atoms with Crippen LogP contribution in [0.2, 0.25) is 0 Å². The summed E-state index contributed by atoms with van der Waals surface area (Å²) < 4.78 is 0. The van der Waals surface area contributed by atoms with Gasteiger partial charge in [-0.3, -0.25) is 4.79 Å². The van der Waals surface area contributed by atoms with Gasteiger partial charge in [0.2, 0.25) is 5.91 Å². The molecule has 0 unspecified atom stereocenters. The summed E-state index contributed by atoms with van der Waals surface area (Å²) in [5.41, 5.74) is 2.29. The Hall–Kier alpha value is -1.71. The molecule has 4 nitrogen and oxygen atoms in total. The number of carbonyl (C=O) groups is 1. The van der Waals surface area contributed by atoms with Gasteiger partial charge in [0.15, 0.2) is 0 Å². The maximum Gasteiger partial charge on any atom is 0.239 e. The standard InChI is InChI=1S/C18H27N3O/c22-18(20-15-8-3-1-2-4-9-15)14-21-13-7-12-19-16-10-5-6-11-17(16)21/h5-6,10-11,15,19H,1-4,7-9,12-14H2,(H,20,22). The fourth-order valence-electron chi connectivity index (χ4n) is 3.55. The lowest BCUT2D eigenvalue weighted by molar-refractivity contribution is -0.120. The van der Waals surface area contributed by atoms with Crippen molar-refractivity contribution >= 4 is 17.3 Å². The predicted molar refractivity (Wildman–Crippen MR) is 91.4 cm³/mol. The van der Waals surface area contributed by atoms with Crippen molar-refractivity contribution < 1.29 is 4.79 Å². The molecule has 1 amide bonds. The van der Waals surface area contributed by atoms with Crippen molar-refractivity contribution in [2.24, 2.45) is 0 Å². The molecule has 1 saturated carbocycles. The monoisotopic (exact) mass is 301 g/mol. The third-order valence-electron chi connectivity index (χ3n) is 4.72. The van der Waals surface area contributed by atoms with Crippen LogP contribution < -0.4 is 15.5 Å². The molecule has 0 saturated heterocycles. The Labute approximate surface area is 133 Å². The predicted octanol–water partition coefficient (Wildman–Crippen LogP) is 3.15. The summed E-state index contributed by atoms with van der Waals surface area (Å²) in [6, 6.07) is 8.67. The number of hydrogen-bond acceptors (Lipinski definition) is 3. The second-order valence-electron chi connectivity index (χ2n) is 6.48. The number of para-hydroxylation sites is 2. The Kier molecular flexibility index (Phi) is 5.20. The van der Waals surface area contributed by atoms with Crippen molar-refractivity contribution in [3.63, 3.8) is 0 Å². The first-order chi connectivity index (χ1) is 10.8. The number of anilines is 2. The largest absolute Gasteiger partial charge is 0.383 e. The van der Waals surface area contributed by atoms with Gasteiger partial charge in [-0.15, -0.1) is 0 Å². The summed E-state index contributed by atoms with van der Waals surface area (Å²) in [5.74, 6) is 0.170. The average Bonchev–Trinajstić information content (AvgIpc) is 2.89. The average molecular weight is 301 g/mol. The molecule has 1 fully saturated rings. The molecule has 0 atom stereocenters. The van der Waals surface area contributed by atoms with E-state index in [1.54, 1.807) is 0 Å². The molecule has 1 aromatic rings. The lowest BCUT2D eigenvalue weighted by Gasteiger charge is -2.25. The number of fused-ring (bicyclic) bond motifs is 1. The number of amides is 1. The van der Waals surface area contributed by atoms with Crippen LogP contribution in [0.25, 0.3) is 0 Å². The molecule has 0 radical (unpaired) electrons. The Morgan fingerprint density at radius 2 is 1.91 bits per heavy atom. The van der Waals surface area contributed by atoms with Crippen LogP contribution in [0.5, 0.6) is 0 Å². The Morgan fingerprint density at radius 3 is 2.73 bits per heavy atom. The van der Waals surface area contributed by atoms with E-state index in [1.165, 1.54) is 25.7 Å². The third-order valence-corrected chi connectivity index (χ3v) is 4.72. The van der Waals surface area contributed by atoms with Crippen LogP contribution >= 0.6 is 0 Å². The van der Waals surface area contributed by atoms with Gasteiger partial charge < -0.3 is 15.5 Å². The highest BCUT2D eigenvalue weighted by Gasteiger charge is 2.19. The molecule has 0 bridgehead atoms. The molecule has 1 aromatic carbocycles. The van der Waals surface area contributed by atoms with E-state index in [4.69, 9.17) is 0 Å². The normalized spacial score (nSPS) is 19.5. The number of carbonyl (C=O) groups excluding carboxylic acids is 1. The molecule has 1 heterocycles. The fourth-order valence-corrected chi connectivity index (χ4v) is 3.55. The summed E-state index contributed by atoms with van der Waals surface area (Å²) >= 11 is 0. The van der Waals surface area contributed by atoms with Crippen LogP contribution in [0.1, 0.15) is 44.9 Å². The Balaban J connectivity index is 1.61. The van der Waals surface area contributed by atoms with E-state index in [0.29, 0.717) is 12.6 Å². The number of rotatable bonds is 3. The van der Waals surface area contributed by atoms with Gasteiger partial charge in [0.25, 0.3) is 0 Å². The maximum absolute atomic E-state index is 12.4. The summed E-state index contributed by atoms with van der Waals surface area (Å²) in [6.45, 7) is 2.37. The molecule has 3 rings (SSSR count). The Bertz CT molecular complexity index is 495. The highest BCUT2D eigenvalue weighted by molar-refractivity contribution is 5.83. The first kappa shape index (κ1) is 15.2. The topological polar surface area (TPSA) is 44.4 Å². The van der Waals surface area contributed by atoms with E-state index in [0.717, 1.165) is 43.7 Å². The molecule has 120 valence electrons. The van der Waals surface area contributed by atoms with E-state index in [2.05, 4.69) is 27.7 Å². The third kappa shape index (κ3) is 3.93. The van der Waals surface area contributed by atoms with E-state index >= 15 is 0 Å². The van der Waals surface area contributed by atoms with Crippen LogP contribution in [0.3, 0.4) is 0 Å². The van der Waals surface area contributed by atoms with E-state index in [1.807, 2.05) is 12.1 Å². The van der Waals surface area contributed by atoms with Gasteiger partial charge >= 0.3 is 0 Å². The van der Waals surface area contributed by atoms with Gasteiger partial charge in [-0.1, -0.05) is 37.8 Å². The number of benzene rings is 1. The quantitative estimate of drug-likeness (QED) is 0.843. The van der Waals surface area contributed by atoms with Crippen molar-refractivity contribution in [2.45, 2.75) is 51.0 Å². The van der Waals surface area contributed by atoms with Gasteiger partial charge in [0, 0.05) is 19.1 Å². The smallest absolute Gasteiger partial charge is 0.239 e. The van der Waals surface area contributed by atoms with E-state index in [9.17, 15) is 4.79 Å². The number of nitrogens with one attached hydrogen (secondary N) is 2. The lowest BCUT2D eigenvalue weighted by atomic mass is 10.1. The van der Waals surface area contributed by atoms with Crippen LogP contribution in [0.15, 0.2) is 24.3 Å². The summed E-state index contributed by atoms with van der Waals surface area (Å²) in [6.07, 6.45) is 8.48. The molecule has 2 aliphatic rings. The molecule has 0 aromatic heterocycles. The molecule has 22 heavy (non-hydrogen) atoms. The first-order valence-corrected chi connectivity index (χ1v) is 8.70. The van der Waals surface area contributed by atoms with Crippen LogP contribution in [0.4, 0.5) is 11.4 Å². The van der Waals surface area contributed by atoms with Crippen molar-refractivity contribution in [1.82, 2.24) is 5.32 Å². The molecule has 2 N–H and O–H groups in total. The molecule has 4 heteroatoms. The second-order valence-corrected chi connectivity index (χ2v) is 6.48. The number of hydrogen-bond donors (Lipinski definition) is 2. The zero-order valence-electron chi connectivity index (χ0n) is 13.3. The van der Waals surface area contributed by atoms with Crippen molar-refractivity contribution in [3.8, 4) is 0 Å². The van der Waals surface area contributed by atoms with Crippen molar-refractivity contribution in [1.29, 1.82) is 0 Å². The van der Waals surface area contributed by atoms with Crippen LogP contribution in [-0.2, 0) is 4.79 Å². The van der Waals surface area contributed by atoms with E-state index in [-0.39, 0.29) is 5.91 Å². The molecule has 1 aliphatic heterocycles. The summed E-state index contributed by atoms with van der Waals surface area (Å²) in [7, 11) is 0. The van der Waals surface area contributed by atoms with Crippen LogP contribution in [0, 0.1) is 0 Å². The molecular formula is C18H27N3O. The minimum atomic E-state index is 0.170. The van der Waals surface area contributed by atoms with Gasteiger partial charge in [0.1, 0.15) is 0 Å². The zero-order valence-corrected chi connectivity index (χ0v) is 13.3. The van der Waals surface area contributed by atoms with Crippen LogP contribution in [-0.4, -0.2) is 31.6 Å². The molecule has 0 spiro atoms. The van der Waals surface area contributed by atoms with Gasteiger partial charge in [0.05, 0.1) is 17.9 Å². The summed E-state index contributed by atoms with van der Waals surface area (Å²) in [5, 5.41) is 6.70. The van der Waals surface area contributed by atoms with Crippen molar-refractivity contribution in [3.05, 3.63) is 24.3 Å². The lowest BCUT2D eigenvalue weighted by Crippen LogP contribution is -2.42. The zero-order chi connectivity index (χ0) is 15.2. The maximum atomic E-state index is 12.4. The Morgan fingerprint density at radius 1 is 1.14 bits per heavy atom. The minimum Gasteiger partial charge on any atom is -0.383 e. The molecular weight excluding hydrogens is 274 g/mol. The minimum absolute atomic E-state index is 0.170. The highest BCUT2D eigenvalue weighted by atomic mass is 16.2. The van der Waals surface area contributed by atoms with E-state index < -0.39 is 0 Å². The fraction of sp³-hybridized carbons (Fsp3) is 0.611. The first-order valence-electron chi connectivity index (χ1n) is 8.70. The highest BCUT2D eigenvalue weighted by Crippen LogP contribution is 2.27. The van der Waals surface area contributed by atoms with Gasteiger partial charge in [-0.25, -0.2) is 0 Å². The SMILES string of the molecule is O=C(CN1CCCNc2ccccc21)NC1CCCCCC1. The summed E-state index contributed by atoms with van der Waals surface area (Å²) in [4.78, 5) is 14.7. The number of nitrogens with zero attached hydrogens (tertiary/aromatic N) is 1. The molecule has 1 aliphatic carbocycles. The van der Waals surface area contributed by atoms with Crippen molar-refractivity contribution in [2.75, 3.05) is 29.9 Å².